The predicted octanol–water partition coefficient (Wildman–Crippen LogP) is 3.14. The summed E-state index contributed by atoms with van der Waals surface area (Å²) in [6.45, 7) is 5.68. The van der Waals surface area contributed by atoms with Crippen molar-refractivity contribution < 1.29 is 14.3 Å². The summed E-state index contributed by atoms with van der Waals surface area (Å²) >= 11 is 0. The Hall–Kier alpha value is -2.17. The second-order valence-corrected chi connectivity index (χ2v) is 4.71. The molecule has 19 heavy (non-hydrogen) atoms. The highest BCUT2D eigenvalue weighted by atomic mass is 19.1. The van der Waals surface area contributed by atoms with E-state index in [0.717, 1.165) is 5.69 Å². The van der Waals surface area contributed by atoms with E-state index in [1.165, 1.54) is 12.1 Å². The minimum atomic E-state index is -1.06. The Labute approximate surface area is 110 Å². The van der Waals surface area contributed by atoms with Gasteiger partial charge in [0.05, 0.1) is 11.4 Å². The van der Waals surface area contributed by atoms with Crippen molar-refractivity contribution in [3.8, 4) is 5.69 Å². The number of benzene rings is 1. The van der Waals surface area contributed by atoms with E-state index in [1.54, 1.807) is 23.7 Å². The third-order valence-electron chi connectivity index (χ3n) is 2.99. The van der Waals surface area contributed by atoms with Crippen LogP contribution >= 0.6 is 0 Å². The lowest BCUT2D eigenvalue weighted by molar-refractivity contribution is 0.0689. The van der Waals surface area contributed by atoms with Crippen molar-refractivity contribution in [3.05, 3.63) is 47.0 Å². The number of nitrogens with zero attached hydrogens (tertiary/aromatic N) is 2. The number of aromatic nitrogens is 2. The van der Waals surface area contributed by atoms with Crippen molar-refractivity contribution in [1.82, 2.24) is 9.78 Å². The zero-order chi connectivity index (χ0) is 14.2. The molecule has 1 N–H and O–H groups in total. The molecule has 1 aromatic carbocycles. The topological polar surface area (TPSA) is 55.1 Å². The van der Waals surface area contributed by atoms with E-state index in [9.17, 15) is 9.18 Å². The molecule has 2 aromatic rings. The molecular formula is C14H15FN2O2. The maximum Gasteiger partial charge on any atom is 0.356 e. The Morgan fingerprint density at radius 1 is 1.32 bits per heavy atom. The summed E-state index contributed by atoms with van der Waals surface area (Å²) in [4.78, 5) is 11.2. The Balaban J connectivity index is 2.65. The minimum Gasteiger partial charge on any atom is -0.476 e. The summed E-state index contributed by atoms with van der Waals surface area (Å²) in [7, 11) is 0. The monoisotopic (exact) mass is 262 g/mol. The molecule has 0 unspecified atom stereocenters. The molecule has 0 saturated carbocycles. The van der Waals surface area contributed by atoms with Crippen molar-refractivity contribution in [3.63, 3.8) is 0 Å². The molecule has 2 rings (SSSR count). The lowest BCUT2D eigenvalue weighted by Gasteiger charge is -2.11. The largest absolute Gasteiger partial charge is 0.476 e. The fourth-order valence-corrected chi connectivity index (χ4v) is 2.17. The first-order valence-electron chi connectivity index (χ1n) is 6.00. The maximum absolute atomic E-state index is 13.0. The molecular weight excluding hydrogens is 247 g/mol. The van der Waals surface area contributed by atoms with Gasteiger partial charge in [-0.1, -0.05) is 13.8 Å². The zero-order valence-corrected chi connectivity index (χ0v) is 11.0. The highest BCUT2D eigenvalue weighted by Gasteiger charge is 2.21. The van der Waals surface area contributed by atoms with Crippen LogP contribution in [-0.2, 0) is 0 Å². The molecule has 100 valence electrons. The molecule has 0 saturated heterocycles. The Bertz CT molecular complexity index is 615. The third kappa shape index (κ3) is 2.36. The maximum atomic E-state index is 13.0. The molecule has 0 spiro atoms. The Morgan fingerprint density at radius 2 is 1.89 bits per heavy atom. The van der Waals surface area contributed by atoms with E-state index in [4.69, 9.17) is 5.11 Å². The molecule has 0 bridgehead atoms. The molecule has 0 atom stereocenters. The normalized spacial score (nSPS) is 11.0. The highest BCUT2D eigenvalue weighted by molar-refractivity contribution is 5.87. The third-order valence-corrected chi connectivity index (χ3v) is 2.99. The quantitative estimate of drug-likeness (QED) is 0.924. The van der Waals surface area contributed by atoms with Gasteiger partial charge in [0.2, 0.25) is 0 Å². The number of carboxylic acids is 1. The molecule has 0 fully saturated rings. The molecule has 1 heterocycles. The van der Waals surface area contributed by atoms with E-state index >= 15 is 0 Å². The van der Waals surface area contributed by atoms with Gasteiger partial charge in [0.15, 0.2) is 5.69 Å². The number of rotatable bonds is 3. The summed E-state index contributed by atoms with van der Waals surface area (Å²) < 4.78 is 14.5. The van der Waals surface area contributed by atoms with E-state index in [2.05, 4.69) is 5.10 Å². The van der Waals surface area contributed by atoms with Crippen LogP contribution in [0.15, 0.2) is 24.3 Å². The average Bonchev–Trinajstić information content (AvgIpc) is 2.68. The summed E-state index contributed by atoms with van der Waals surface area (Å²) in [5, 5.41) is 13.3. The van der Waals surface area contributed by atoms with Crippen LogP contribution < -0.4 is 0 Å². The van der Waals surface area contributed by atoms with Gasteiger partial charge >= 0.3 is 5.97 Å². The second kappa shape index (κ2) is 4.84. The van der Waals surface area contributed by atoms with Crippen molar-refractivity contribution >= 4 is 5.97 Å². The van der Waals surface area contributed by atoms with E-state index in [-0.39, 0.29) is 17.4 Å². The van der Waals surface area contributed by atoms with Crippen LogP contribution in [0.3, 0.4) is 0 Å². The summed E-state index contributed by atoms with van der Waals surface area (Å²) in [5.41, 5.74) is 2.16. The summed E-state index contributed by atoms with van der Waals surface area (Å²) in [6, 6.07) is 5.83. The van der Waals surface area contributed by atoms with Crippen molar-refractivity contribution in [2.24, 2.45) is 0 Å². The van der Waals surface area contributed by atoms with Crippen molar-refractivity contribution in [1.29, 1.82) is 0 Å². The van der Waals surface area contributed by atoms with Crippen LogP contribution in [0.5, 0.6) is 0 Å². The molecule has 0 amide bonds. The number of halogens is 1. The molecule has 0 aliphatic carbocycles. The van der Waals surface area contributed by atoms with Crippen LogP contribution in [0, 0.1) is 12.7 Å². The van der Waals surface area contributed by atoms with Crippen LogP contribution in [0.1, 0.15) is 41.5 Å². The van der Waals surface area contributed by atoms with Gasteiger partial charge in [-0.25, -0.2) is 13.9 Å². The Morgan fingerprint density at radius 3 is 2.37 bits per heavy atom. The van der Waals surface area contributed by atoms with Gasteiger partial charge in [0, 0.05) is 5.56 Å². The van der Waals surface area contributed by atoms with Gasteiger partial charge in [0.25, 0.3) is 0 Å². The van der Waals surface area contributed by atoms with Crippen molar-refractivity contribution in [2.75, 3.05) is 0 Å². The number of aromatic carboxylic acids is 1. The standard InChI is InChI=1S/C14H15FN2O2/c1-8(2)13-9(3)12(14(18)19)16-17(13)11-6-4-10(15)5-7-11/h4-8H,1-3H3,(H,18,19). The van der Waals surface area contributed by atoms with Crippen LogP contribution in [0.2, 0.25) is 0 Å². The second-order valence-electron chi connectivity index (χ2n) is 4.71. The van der Waals surface area contributed by atoms with Gasteiger partial charge in [-0.15, -0.1) is 0 Å². The smallest absolute Gasteiger partial charge is 0.356 e. The van der Waals surface area contributed by atoms with Gasteiger partial charge in [-0.2, -0.15) is 5.10 Å². The summed E-state index contributed by atoms with van der Waals surface area (Å²) in [6.07, 6.45) is 0. The molecule has 1 aromatic heterocycles. The SMILES string of the molecule is Cc1c(C(=O)O)nn(-c2ccc(F)cc2)c1C(C)C. The van der Waals surface area contributed by atoms with Crippen LogP contribution in [0.25, 0.3) is 5.69 Å². The van der Waals surface area contributed by atoms with E-state index in [0.29, 0.717) is 11.3 Å². The van der Waals surface area contributed by atoms with Gasteiger partial charge < -0.3 is 5.11 Å². The van der Waals surface area contributed by atoms with Crippen molar-refractivity contribution in [2.45, 2.75) is 26.7 Å². The van der Waals surface area contributed by atoms with Gasteiger partial charge in [-0.05, 0) is 37.1 Å². The lowest BCUT2D eigenvalue weighted by Crippen LogP contribution is -2.05. The van der Waals surface area contributed by atoms with Crippen LogP contribution in [0.4, 0.5) is 4.39 Å². The zero-order valence-electron chi connectivity index (χ0n) is 11.0. The molecule has 0 aliphatic rings. The number of carboxylic acid groups (broad SMARTS) is 1. The fourth-order valence-electron chi connectivity index (χ4n) is 2.17. The first kappa shape index (κ1) is 13.3. The molecule has 0 radical (unpaired) electrons. The Kier molecular flexibility index (Phi) is 3.38. The van der Waals surface area contributed by atoms with E-state index < -0.39 is 5.97 Å². The average molecular weight is 262 g/mol. The number of carbonyl (C=O) groups is 1. The molecule has 4 nitrogen and oxygen atoms in total. The number of hydrogen-bond donors (Lipinski definition) is 1. The fraction of sp³-hybridized carbons (Fsp3) is 0.286. The molecule has 5 heteroatoms. The summed E-state index contributed by atoms with van der Waals surface area (Å²) in [5.74, 6) is -1.27. The first-order chi connectivity index (χ1) is 8.91. The van der Waals surface area contributed by atoms with E-state index in [1.807, 2.05) is 13.8 Å². The van der Waals surface area contributed by atoms with Crippen LogP contribution in [-0.4, -0.2) is 20.9 Å². The predicted molar refractivity (Wildman–Crippen MR) is 69.3 cm³/mol. The highest BCUT2D eigenvalue weighted by Crippen LogP contribution is 2.25. The molecule has 0 aliphatic heterocycles. The first-order valence-corrected chi connectivity index (χ1v) is 6.00. The van der Waals surface area contributed by atoms with Gasteiger partial charge in [0.1, 0.15) is 5.82 Å². The van der Waals surface area contributed by atoms with Gasteiger partial charge in [-0.3, -0.25) is 0 Å². The lowest BCUT2D eigenvalue weighted by atomic mass is 10.0. The minimum absolute atomic E-state index is 0.0352. The number of hydrogen-bond acceptors (Lipinski definition) is 2.